The molecule has 0 aliphatic carbocycles. The number of rotatable bonds is 5. The number of carbonyl (C=O) groups is 1. The Morgan fingerprint density at radius 2 is 1.85 bits per heavy atom. The Bertz CT molecular complexity index is 791. The summed E-state index contributed by atoms with van der Waals surface area (Å²) in [5, 5.41) is 0.457. The molecule has 27 heavy (non-hydrogen) atoms. The van der Waals surface area contributed by atoms with Gasteiger partial charge >= 0.3 is 0 Å². The van der Waals surface area contributed by atoms with Crippen LogP contribution < -0.4 is 9.47 Å². The van der Waals surface area contributed by atoms with Gasteiger partial charge in [-0.2, -0.15) is 11.8 Å². The van der Waals surface area contributed by atoms with E-state index >= 15 is 0 Å². The van der Waals surface area contributed by atoms with Gasteiger partial charge in [0.1, 0.15) is 0 Å². The van der Waals surface area contributed by atoms with Crippen molar-refractivity contribution in [3.63, 3.8) is 0 Å². The van der Waals surface area contributed by atoms with E-state index in [-0.39, 0.29) is 5.91 Å². The lowest BCUT2D eigenvalue weighted by Crippen LogP contribution is -2.31. The van der Waals surface area contributed by atoms with E-state index < -0.39 is 0 Å². The molecule has 0 saturated carbocycles. The topological polar surface area (TPSA) is 38.8 Å². The van der Waals surface area contributed by atoms with Gasteiger partial charge in [0.15, 0.2) is 11.5 Å². The van der Waals surface area contributed by atoms with Crippen molar-refractivity contribution in [2.75, 3.05) is 33.1 Å². The molecule has 142 valence electrons. The molecule has 1 heterocycles. The van der Waals surface area contributed by atoms with Crippen molar-refractivity contribution in [2.45, 2.75) is 11.7 Å². The van der Waals surface area contributed by atoms with Gasteiger partial charge < -0.3 is 14.4 Å². The standard InChI is InChI=1S/C22H25NO3S/c1-25-19-10-8-17(16-20(19)26-2)9-11-22(24)23-13-12-21(27-15-14-23)18-6-4-3-5-7-18/h3-11,16,21H,12-15H2,1-2H3/b11-9+/t21-/m0/s1. The van der Waals surface area contributed by atoms with Crippen LogP contribution in [0.4, 0.5) is 0 Å². The van der Waals surface area contributed by atoms with Crippen molar-refractivity contribution < 1.29 is 14.3 Å². The van der Waals surface area contributed by atoms with Gasteiger partial charge in [0, 0.05) is 30.2 Å². The molecular formula is C22H25NO3S. The van der Waals surface area contributed by atoms with Gasteiger partial charge in [0.05, 0.1) is 14.2 Å². The summed E-state index contributed by atoms with van der Waals surface area (Å²) < 4.78 is 10.6. The van der Waals surface area contributed by atoms with Crippen molar-refractivity contribution >= 4 is 23.7 Å². The first-order valence-electron chi connectivity index (χ1n) is 9.07. The van der Waals surface area contributed by atoms with Crippen LogP contribution in [0.5, 0.6) is 11.5 Å². The van der Waals surface area contributed by atoms with E-state index in [2.05, 4.69) is 24.3 Å². The lowest BCUT2D eigenvalue weighted by molar-refractivity contribution is -0.125. The molecule has 0 aromatic heterocycles. The molecule has 1 atom stereocenters. The monoisotopic (exact) mass is 383 g/mol. The lowest BCUT2D eigenvalue weighted by atomic mass is 10.1. The van der Waals surface area contributed by atoms with E-state index in [0.717, 1.165) is 30.8 Å². The van der Waals surface area contributed by atoms with E-state index in [1.807, 2.05) is 47.0 Å². The lowest BCUT2D eigenvalue weighted by Gasteiger charge is -2.18. The molecule has 1 aliphatic rings. The fourth-order valence-corrected chi connectivity index (χ4v) is 4.39. The predicted molar refractivity (Wildman–Crippen MR) is 111 cm³/mol. The minimum absolute atomic E-state index is 0.0547. The van der Waals surface area contributed by atoms with E-state index in [4.69, 9.17) is 9.47 Å². The summed E-state index contributed by atoms with van der Waals surface area (Å²) in [6.45, 7) is 1.56. The second-order valence-electron chi connectivity index (χ2n) is 6.33. The van der Waals surface area contributed by atoms with Crippen molar-refractivity contribution in [1.82, 2.24) is 4.90 Å². The number of hydrogen-bond donors (Lipinski definition) is 0. The number of nitrogens with zero attached hydrogens (tertiary/aromatic N) is 1. The Morgan fingerprint density at radius 3 is 2.59 bits per heavy atom. The average Bonchev–Trinajstić information content (AvgIpc) is 2.98. The molecule has 1 saturated heterocycles. The molecule has 4 nitrogen and oxygen atoms in total. The van der Waals surface area contributed by atoms with Crippen LogP contribution in [0, 0.1) is 0 Å². The maximum Gasteiger partial charge on any atom is 0.246 e. The number of methoxy groups -OCH3 is 2. The van der Waals surface area contributed by atoms with Gasteiger partial charge in [-0.3, -0.25) is 4.79 Å². The quantitative estimate of drug-likeness (QED) is 0.716. The number of amides is 1. The third-order valence-electron chi connectivity index (χ3n) is 4.65. The Kier molecular flexibility index (Phi) is 6.82. The van der Waals surface area contributed by atoms with Crippen molar-refractivity contribution in [2.24, 2.45) is 0 Å². The van der Waals surface area contributed by atoms with Crippen LogP contribution in [-0.2, 0) is 4.79 Å². The van der Waals surface area contributed by atoms with E-state index in [9.17, 15) is 4.79 Å². The Balaban J connectivity index is 1.62. The Hall–Kier alpha value is -2.40. The van der Waals surface area contributed by atoms with Gasteiger partial charge in [0.25, 0.3) is 0 Å². The van der Waals surface area contributed by atoms with Gasteiger partial charge in [-0.1, -0.05) is 36.4 Å². The van der Waals surface area contributed by atoms with Gasteiger partial charge in [-0.05, 0) is 35.8 Å². The number of carbonyl (C=O) groups excluding carboxylic acids is 1. The third kappa shape index (κ3) is 5.07. The van der Waals surface area contributed by atoms with Crippen molar-refractivity contribution in [1.29, 1.82) is 0 Å². The molecule has 1 aliphatic heterocycles. The minimum Gasteiger partial charge on any atom is -0.493 e. The molecule has 2 aromatic rings. The van der Waals surface area contributed by atoms with E-state index in [1.165, 1.54) is 5.56 Å². The van der Waals surface area contributed by atoms with Crippen molar-refractivity contribution in [3.05, 3.63) is 65.7 Å². The highest BCUT2D eigenvalue weighted by Crippen LogP contribution is 2.34. The molecule has 5 heteroatoms. The third-order valence-corrected chi connectivity index (χ3v) is 5.98. The molecule has 0 bridgehead atoms. The predicted octanol–water partition coefficient (Wildman–Crippen LogP) is 4.42. The molecular weight excluding hydrogens is 358 g/mol. The summed E-state index contributed by atoms with van der Waals surface area (Å²) in [7, 11) is 3.21. The van der Waals surface area contributed by atoms with Crippen LogP contribution in [0.25, 0.3) is 6.08 Å². The maximum absolute atomic E-state index is 12.6. The molecule has 0 radical (unpaired) electrons. The fourth-order valence-electron chi connectivity index (χ4n) is 3.15. The van der Waals surface area contributed by atoms with Gasteiger partial charge in [-0.15, -0.1) is 0 Å². The van der Waals surface area contributed by atoms with Gasteiger partial charge in [-0.25, -0.2) is 0 Å². The molecule has 1 amide bonds. The van der Waals surface area contributed by atoms with Crippen molar-refractivity contribution in [3.8, 4) is 11.5 Å². The summed E-state index contributed by atoms with van der Waals surface area (Å²) in [5.41, 5.74) is 2.25. The molecule has 0 N–H and O–H groups in total. The molecule has 3 rings (SSSR count). The van der Waals surface area contributed by atoms with Crippen LogP contribution in [-0.4, -0.2) is 43.9 Å². The first-order chi connectivity index (χ1) is 13.2. The zero-order valence-electron chi connectivity index (χ0n) is 15.8. The first kappa shape index (κ1) is 19.4. The SMILES string of the molecule is COc1ccc(/C=C/C(=O)N2CCS[C@H](c3ccccc3)CC2)cc1OC. The Labute approximate surface area is 165 Å². The summed E-state index contributed by atoms with van der Waals surface area (Å²) in [6.07, 6.45) is 4.45. The van der Waals surface area contributed by atoms with E-state index in [0.29, 0.717) is 16.7 Å². The molecule has 2 aromatic carbocycles. The van der Waals surface area contributed by atoms with Gasteiger partial charge in [0.2, 0.25) is 5.91 Å². The number of benzene rings is 2. The van der Waals surface area contributed by atoms with Crippen LogP contribution >= 0.6 is 11.8 Å². The normalized spacial score (nSPS) is 17.6. The highest BCUT2D eigenvalue weighted by Gasteiger charge is 2.20. The molecule has 0 unspecified atom stereocenters. The minimum atomic E-state index is 0.0547. The molecule has 1 fully saturated rings. The summed E-state index contributed by atoms with van der Waals surface area (Å²) in [6, 6.07) is 16.2. The highest BCUT2D eigenvalue weighted by molar-refractivity contribution is 7.99. The summed E-state index contributed by atoms with van der Waals surface area (Å²) >= 11 is 1.93. The number of thioether (sulfide) groups is 1. The zero-order chi connectivity index (χ0) is 19.1. The second kappa shape index (κ2) is 9.51. The second-order valence-corrected chi connectivity index (χ2v) is 7.64. The maximum atomic E-state index is 12.6. The largest absolute Gasteiger partial charge is 0.493 e. The average molecular weight is 384 g/mol. The summed E-state index contributed by atoms with van der Waals surface area (Å²) in [5.74, 6) is 2.34. The Morgan fingerprint density at radius 1 is 1.07 bits per heavy atom. The smallest absolute Gasteiger partial charge is 0.246 e. The fraction of sp³-hybridized carbons (Fsp3) is 0.318. The van der Waals surface area contributed by atoms with E-state index in [1.54, 1.807) is 20.3 Å². The zero-order valence-corrected chi connectivity index (χ0v) is 16.6. The number of ether oxygens (including phenoxy) is 2. The number of hydrogen-bond acceptors (Lipinski definition) is 4. The summed E-state index contributed by atoms with van der Waals surface area (Å²) in [4.78, 5) is 14.6. The van der Waals surface area contributed by atoms with Crippen LogP contribution in [0.2, 0.25) is 0 Å². The first-order valence-corrected chi connectivity index (χ1v) is 10.1. The highest BCUT2D eigenvalue weighted by atomic mass is 32.2. The molecule has 0 spiro atoms. The van der Waals surface area contributed by atoms with Crippen LogP contribution in [0.15, 0.2) is 54.6 Å². The van der Waals surface area contributed by atoms with Crippen LogP contribution in [0.3, 0.4) is 0 Å². The van der Waals surface area contributed by atoms with Crippen LogP contribution in [0.1, 0.15) is 22.8 Å².